The molecule has 1 N–H and O–H groups in total. The van der Waals surface area contributed by atoms with Gasteiger partial charge in [0.25, 0.3) is 5.91 Å². The second kappa shape index (κ2) is 9.23. The third-order valence-electron chi connectivity index (χ3n) is 4.81. The second-order valence-corrected chi connectivity index (χ2v) is 6.80. The summed E-state index contributed by atoms with van der Waals surface area (Å²) in [7, 11) is 1.57. The summed E-state index contributed by atoms with van der Waals surface area (Å²) >= 11 is 0. The van der Waals surface area contributed by atoms with Crippen LogP contribution in [0.25, 0.3) is 0 Å². The maximum Gasteiger partial charge on any atom is 0.338 e. The number of para-hydroxylation sites is 1. The highest BCUT2D eigenvalue weighted by Gasteiger charge is 2.22. The fraction of sp³-hybridized carbons (Fsp3) is 0.318. The number of hydrogen-bond donors (Lipinski definition) is 1. The van der Waals surface area contributed by atoms with Gasteiger partial charge in [0.1, 0.15) is 5.75 Å². The largest absolute Gasteiger partial charge is 0.496 e. The summed E-state index contributed by atoms with van der Waals surface area (Å²) in [4.78, 5) is 37.8. The molecule has 152 valence electrons. The molecule has 0 aromatic heterocycles. The minimum Gasteiger partial charge on any atom is -0.496 e. The van der Waals surface area contributed by atoms with E-state index in [0.29, 0.717) is 24.3 Å². The van der Waals surface area contributed by atoms with Crippen molar-refractivity contribution in [3.8, 4) is 5.75 Å². The Morgan fingerprint density at radius 2 is 1.86 bits per heavy atom. The summed E-state index contributed by atoms with van der Waals surface area (Å²) in [5.41, 5.74) is 1.92. The molecule has 2 amide bonds. The van der Waals surface area contributed by atoms with Gasteiger partial charge in [-0.15, -0.1) is 0 Å². The molecule has 7 nitrogen and oxygen atoms in total. The van der Waals surface area contributed by atoms with E-state index in [1.807, 2.05) is 31.2 Å². The van der Waals surface area contributed by atoms with E-state index in [9.17, 15) is 14.4 Å². The molecule has 2 aromatic carbocycles. The second-order valence-electron chi connectivity index (χ2n) is 6.80. The standard InChI is InChI=1S/C22H24N2O5/c1-15(18-6-3-4-7-19(18)28-2)23-20(25)14-29-22(27)16-9-11-17(12-10-16)24-13-5-8-21(24)26/h3-4,6-7,9-12,15H,5,8,13-14H2,1-2H3,(H,23,25). The molecule has 1 atom stereocenters. The SMILES string of the molecule is COc1ccccc1C(C)NC(=O)COC(=O)c1ccc(N2CCCC2=O)cc1. The molecule has 0 radical (unpaired) electrons. The molecule has 1 unspecified atom stereocenters. The molecule has 3 rings (SSSR count). The average molecular weight is 396 g/mol. The first-order valence-electron chi connectivity index (χ1n) is 9.49. The van der Waals surface area contributed by atoms with E-state index in [0.717, 1.165) is 17.7 Å². The van der Waals surface area contributed by atoms with Crippen molar-refractivity contribution in [1.29, 1.82) is 0 Å². The zero-order valence-electron chi connectivity index (χ0n) is 16.5. The number of ether oxygens (including phenoxy) is 2. The Balaban J connectivity index is 1.52. The molecule has 1 fully saturated rings. The summed E-state index contributed by atoms with van der Waals surface area (Å²) < 4.78 is 10.4. The van der Waals surface area contributed by atoms with Crippen molar-refractivity contribution >= 4 is 23.5 Å². The molecule has 7 heteroatoms. The van der Waals surface area contributed by atoms with E-state index in [-0.39, 0.29) is 18.6 Å². The van der Waals surface area contributed by atoms with Gasteiger partial charge in [-0.3, -0.25) is 9.59 Å². The molecular formula is C22H24N2O5. The first-order chi connectivity index (χ1) is 14.0. The third-order valence-corrected chi connectivity index (χ3v) is 4.81. The Kier molecular flexibility index (Phi) is 6.49. The van der Waals surface area contributed by atoms with Crippen LogP contribution >= 0.6 is 0 Å². The van der Waals surface area contributed by atoms with Gasteiger partial charge >= 0.3 is 5.97 Å². The fourth-order valence-corrected chi connectivity index (χ4v) is 3.30. The van der Waals surface area contributed by atoms with E-state index in [1.165, 1.54) is 0 Å². The Labute approximate surface area is 169 Å². The minimum atomic E-state index is -0.593. The van der Waals surface area contributed by atoms with Gasteiger partial charge in [0.05, 0.1) is 18.7 Å². The molecule has 1 saturated heterocycles. The molecule has 0 saturated carbocycles. The predicted octanol–water partition coefficient (Wildman–Crippen LogP) is 2.86. The number of hydrogen-bond acceptors (Lipinski definition) is 5. The van der Waals surface area contributed by atoms with Crippen LogP contribution in [0.3, 0.4) is 0 Å². The van der Waals surface area contributed by atoms with Crippen molar-refractivity contribution < 1.29 is 23.9 Å². The normalized spacial score (nSPS) is 14.4. The first kappa shape index (κ1) is 20.4. The van der Waals surface area contributed by atoms with Crippen molar-refractivity contribution in [3.63, 3.8) is 0 Å². The summed E-state index contributed by atoms with van der Waals surface area (Å²) in [5.74, 6) is -0.240. The Bertz CT molecular complexity index is 894. The van der Waals surface area contributed by atoms with Gasteiger partial charge in [-0.1, -0.05) is 18.2 Å². The molecular weight excluding hydrogens is 372 g/mol. The number of benzene rings is 2. The van der Waals surface area contributed by atoms with Crippen LogP contribution in [0.4, 0.5) is 5.69 Å². The van der Waals surface area contributed by atoms with Crippen LogP contribution in [0.5, 0.6) is 5.75 Å². The van der Waals surface area contributed by atoms with Gasteiger partial charge in [0.2, 0.25) is 5.91 Å². The zero-order valence-corrected chi connectivity index (χ0v) is 16.5. The predicted molar refractivity (Wildman–Crippen MR) is 108 cm³/mol. The molecule has 0 aliphatic carbocycles. The number of carbonyl (C=O) groups excluding carboxylic acids is 3. The first-order valence-corrected chi connectivity index (χ1v) is 9.49. The lowest BCUT2D eigenvalue weighted by Crippen LogP contribution is -2.31. The van der Waals surface area contributed by atoms with Gasteiger partial charge in [0.15, 0.2) is 6.61 Å². The lowest BCUT2D eigenvalue weighted by Gasteiger charge is -2.17. The fourth-order valence-electron chi connectivity index (χ4n) is 3.30. The van der Waals surface area contributed by atoms with Crippen LogP contribution < -0.4 is 15.0 Å². The number of rotatable bonds is 7. The van der Waals surface area contributed by atoms with Gasteiger partial charge < -0.3 is 19.7 Å². The van der Waals surface area contributed by atoms with Gasteiger partial charge in [-0.05, 0) is 43.7 Å². The van der Waals surface area contributed by atoms with E-state index < -0.39 is 11.9 Å². The highest BCUT2D eigenvalue weighted by molar-refractivity contribution is 5.96. The Morgan fingerprint density at radius 3 is 2.52 bits per heavy atom. The monoisotopic (exact) mass is 396 g/mol. The van der Waals surface area contributed by atoms with E-state index in [1.54, 1.807) is 36.3 Å². The number of esters is 1. The maximum atomic E-state index is 12.2. The van der Waals surface area contributed by atoms with Crippen LogP contribution in [0.2, 0.25) is 0 Å². The molecule has 1 aliphatic heterocycles. The summed E-state index contributed by atoms with van der Waals surface area (Å²) in [6, 6.07) is 13.7. The Morgan fingerprint density at radius 1 is 1.14 bits per heavy atom. The molecule has 0 spiro atoms. The number of anilines is 1. The van der Waals surface area contributed by atoms with Crippen LogP contribution in [-0.4, -0.2) is 38.0 Å². The molecule has 0 bridgehead atoms. The van der Waals surface area contributed by atoms with Gasteiger partial charge in [-0.25, -0.2) is 4.79 Å². The van der Waals surface area contributed by atoms with E-state index in [2.05, 4.69) is 5.32 Å². The minimum absolute atomic E-state index is 0.0844. The average Bonchev–Trinajstić information content (AvgIpc) is 3.17. The highest BCUT2D eigenvalue weighted by Crippen LogP contribution is 2.24. The summed E-state index contributed by atoms with van der Waals surface area (Å²) in [5, 5.41) is 2.79. The van der Waals surface area contributed by atoms with Crippen LogP contribution in [0, 0.1) is 0 Å². The molecule has 1 heterocycles. The summed E-state index contributed by atoms with van der Waals surface area (Å²) in [6.07, 6.45) is 1.39. The smallest absolute Gasteiger partial charge is 0.338 e. The van der Waals surface area contributed by atoms with Crippen molar-refractivity contribution in [1.82, 2.24) is 5.32 Å². The van der Waals surface area contributed by atoms with Crippen LogP contribution in [0.1, 0.15) is 41.7 Å². The van der Waals surface area contributed by atoms with Crippen molar-refractivity contribution in [2.75, 3.05) is 25.2 Å². The molecule has 2 aromatic rings. The van der Waals surface area contributed by atoms with E-state index in [4.69, 9.17) is 9.47 Å². The lowest BCUT2D eigenvalue weighted by molar-refractivity contribution is -0.124. The highest BCUT2D eigenvalue weighted by atomic mass is 16.5. The van der Waals surface area contributed by atoms with Crippen molar-refractivity contribution in [2.24, 2.45) is 0 Å². The number of nitrogens with zero attached hydrogens (tertiary/aromatic N) is 1. The number of amides is 2. The van der Waals surface area contributed by atoms with Crippen LogP contribution in [0.15, 0.2) is 48.5 Å². The van der Waals surface area contributed by atoms with Crippen molar-refractivity contribution in [2.45, 2.75) is 25.8 Å². The topological polar surface area (TPSA) is 84.9 Å². The Hall–Kier alpha value is -3.35. The lowest BCUT2D eigenvalue weighted by atomic mass is 10.1. The number of carbonyl (C=O) groups is 3. The maximum absolute atomic E-state index is 12.2. The van der Waals surface area contributed by atoms with E-state index >= 15 is 0 Å². The number of nitrogens with one attached hydrogen (secondary N) is 1. The molecule has 29 heavy (non-hydrogen) atoms. The summed E-state index contributed by atoms with van der Waals surface area (Å²) in [6.45, 7) is 2.13. The van der Waals surface area contributed by atoms with Crippen molar-refractivity contribution in [3.05, 3.63) is 59.7 Å². The molecule has 1 aliphatic rings. The third kappa shape index (κ3) is 4.93. The quantitative estimate of drug-likeness (QED) is 0.728. The van der Waals surface area contributed by atoms with Crippen LogP contribution in [-0.2, 0) is 14.3 Å². The van der Waals surface area contributed by atoms with Gasteiger partial charge in [-0.2, -0.15) is 0 Å². The zero-order chi connectivity index (χ0) is 20.8. The van der Waals surface area contributed by atoms with Gasteiger partial charge in [0, 0.05) is 24.2 Å². The number of methoxy groups -OCH3 is 1.